The van der Waals surface area contributed by atoms with Gasteiger partial charge >= 0.3 is 0 Å². The molecule has 4 rings (SSSR count). The number of aryl methyl sites for hydroxylation is 4. The highest BCUT2D eigenvalue weighted by Crippen LogP contribution is 2.36. The summed E-state index contributed by atoms with van der Waals surface area (Å²) in [6.45, 7) is 7.61. The van der Waals surface area contributed by atoms with Crippen molar-refractivity contribution >= 4 is 28.8 Å². The van der Waals surface area contributed by atoms with E-state index in [1.54, 1.807) is 6.07 Å². The number of hydrogen-bond acceptors (Lipinski definition) is 3. The molecule has 0 radical (unpaired) electrons. The van der Waals surface area contributed by atoms with E-state index in [-0.39, 0.29) is 11.3 Å². The van der Waals surface area contributed by atoms with Gasteiger partial charge in [-0.05, 0) is 62.6 Å². The topological polar surface area (TPSA) is 49.4 Å². The van der Waals surface area contributed by atoms with E-state index >= 15 is 0 Å². The van der Waals surface area contributed by atoms with Crippen LogP contribution in [0, 0.1) is 39.3 Å². The summed E-state index contributed by atoms with van der Waals surface area (Å²) in [7, 11) is 0. The monoisotopic (exact) mass is 432 g/mol. The summed E-state index contributed by atoms with van der Waals surface area (Å²) < 4.78 is 28.4. The number of benzene rings is 3. The molecular weight excluding hydrogens is 410 g/mol. The van der Waals surface area contributed by atoms with Crippen molar-refractivity contribution in [3.8, 4) is 0 Å². The number of carbonyl (C=O) groups is 2. The molecule has 0 fully saturated rings. The normalized spacial score (nSPS) is 13.9. The Morgan fingerprint density at radius 2 is 1.41 bits per heavy atom. The predicted molar refractivity (Wildman–Crippen MR) is 121 cm³/mol. The molecule has 32 heavy (non-hydrogen) atoms. The number of halogens is 2. The van der Waals surface area contributed by atoms with Gasteiger partial charge in [0.05, 0.1) is 11.3 Å². The molecule has 0 atom stereocenters. The smallest absolute Gasteiger partial charge is 0.282 e. The van der Waals surface area contributed by atoms with Crippen LogP contribution in [0.2, 0.25) is 0 Å². The molecule has 1 aliphatic rings. The molecule has 0 bridgehead atoms. The Hall–Kier alpha value is -3.80. The third kappa shape index (κ3) is 3.68. The molecule has 1 heterocycles. The van der Waals surface area contributed by atoms with Gasteiger partial charge in [0.2, 0.25) is 0 Å². The largest absolute Gasteiger partial charge is 0.350 e. The van der Waals surface area contributed by atoms with Gasteiger partial charge in [-0.3, -0.25) is 9.59 Å². The third-order valence-electron chi connectivity index (χ3n) is 5.53. The first-order valence-electron chi connectivity index (χ1n) is 10.2. The Morgan fingerprint density at radius 1 is 0.750 bits per heavy atom. The summed E-state index contributed by atoms with van der Waals surface area (Å²) >= 11 is 0. The lowest BCUT2D eigenvalue weighted by Crippen LogP contribution is -2.33. The standard InChI is InChI=1S/C26H22F2N2O2/c1-14-5-8-19(16(3)11-14)23-24(29-21-10-6-15(2)12-17(21)4)26(32)30(25(23)31)22-13-18(27)7-9-20(22)28/h5-13,29H,1-4H3. The van der Waals surface area contributed by atoms with Gasteiger partial charge in [0.1, 0.15) is 17.3 Å². The number of carbonyl (C=O) groups excluding carboxylic acids is 2. The van der Waals surface area contributed by atoms with Crippen LogP contribution in [0.5, 0.6) is 0 Å². The van der Waals surface area contributed by atoms with Gasteiger partial charge in [0.25, 0.3) is 11.8 Å². The number of imide groups is 1. The summed E-state index contributed by atoms with van der Waals surface area (Å²) in [6.07, 6.45) is 0. The SMILES string of the molecule is Cc1ccc(NC2=C(c3ccc(C)cc3C)C(=O)N(c3cc(F)ccc3F)C2=O)c(C)c1. The maximum Gasteiger partial charge on any atom is 0.282 e. The average Bonchev–Trinajstić information content (AvgIpc) is 2.96. The highest BCUT2D eigenvalue weighted by Gasteiger charge is 2.42. The van der Waals surface area contributed by atoms with Crippen molar-refractivity contribution in [3.05, 3.63) is 99.7 Å². The molecule has 162 valence electrons. The van der Waals surface area contributed by atoms with Crippen molar-refractivity contribution in [1.82, 2.24) is 0 Å². The van der Waals surface area contributed by atoms with E-state index < -0.39 is 29.1 Å². The fraction of sp³-hybridized carbons (Fsp3) is 0.154. The van der Waals surface area contributed by atoms with Crippen LogP contribution in [0.3, 0.4) is 0 Å². The molecule has 0 spiro atoms. The Bertz CT molecular complexity index is 1310. The van der Waals surface area contributed by atoms with E-state index in [9.17, 15) is 18.4 Å². The molecule has 0 aliphatic carbocycles. The minimum absolute atomic E-state index is 0.0255. The zero-order valence-corrected chi connectivity index (χ0v) is 18.2. The molecular formula is C26H22F2N2O2. The maximum absolute atomic E-state index is 14.5. The zero-order valence-electron chi connectivity index (χ0n) is 18.2. The van der Waals surface area contributed by atoms with E-state index in [0.29, 0.717) is 16.2 Å². The second kappa shape index (κ2) is 8.04. The Kier molecular flexibility index (Phi) is 5.38. The minimum atomic E-state index is -0.860. The molecule has 4 nitrogen and oxygen atoms in total. The fourth-order valence-corrected chi connectivity index (χ4v) is 3.95. The van der Waals surface area contributed by atoms with Crippen LogP contribution in [0.25, 0.3) is 5.57 Å². The average molecular weight is 432 g/mol. The van der Waals surface area contributed by atoms with Crippen LogP contribution in [0.4, 0.5) is 20.2 Å². The first kappa shape index (κ1) is 21.4. The first-order valence-corrected chi connectivity index (χ1v) is 10.2. The van der Waals surface area contributed by atoms with E-state index in [0.717, 1.165) is 40.5 Å². The lowest BCUT2D eigenvalue weighted by atomic mass is 9.97. The quantitative estimate of drug-likeness (QED) is 0.547. The summed E-state index contributed by atoms with van der Waals surface area (Å²) in [5.41, 5.74) is 4.66. The molecule has 1 aliphatic heterocycles. The van der Waals surface area contributed by atoms with Gasteiger partial charge in [-0.2, -0.15) is 0 Å². The number of nitrogens with zero attached hydrogens (tertiary/aromatic N) is 1. The molecule has 0 aromatic heterocycles. The molecule has 3 aromatic carbocycles. The highest BCUT2D eigenvalue weighted by molar-refractivity contribution is 6.46. The van der Waals surface area contributed by atoms with Crippen LogP contribution in [0.15, 0.2) is 60.3 Å². The minimum Gasteiger partial charge on any atom is -0.350 e. The molecule has 2 amide bonds. The maximum atomic E-state index is 14.5. The van der Waals surface area contributed by atoms with Crippen molar-refractivity contribution in [3.63, 3.8) is 0 Å². The number of rotatable bonds is 4. The van der Waals surface area contributed by atoms with Crippen molar-refractivity contribution in [1.29, 1.82) is 0 Å². The number of amides is 2. The van der Waals surface area contributed by atoms with Gasteiger partial charge in [-0.15, -0.1) is 0 Å². The van der Waals surface area contributed by atoms with Gasteiger partial charge in [0, 0.05) is 11.8 Å². The van der Waals surface area contributed by atoms with Crippen LogP contribution in [-0.4, -0.2) is 11.8 Å². The molecule has 0 saturated heterocycles. The molecule has 3 aromatic rings. The third-order valence-corrected chi connectivity index (χ3v) is 5.53. The number of hydrogen-bond donors (Lipinski definition) is 1. The summed E-state index contributed by atoms with van der Waals surface area (Å²) in [5.74, 6) is -3.06. The fourth-order valence-electron chi connectivity index (χ4n) is 3.95. The van der Waals surface area contributed by atoms with E-state index in [1.807, 2.05) is 58.0 Å². The second-order valence-corrected chi connectivity index (χ2v) is 8.05. The van der Waals surface area contributed by atoms with Gasteiger partial charge in [-0.25, -0.2) is 13.7 Å². The van der Waals surface area contributed by atoms with E-state index in [1.165, 1.54) is 0 Å². The van der Waals surface area contributed by atoms with Crippen molar-refractivity contribution < 1.29 is 18.4 Å². The Morgan fingerprint density at radius 3 is 2.06 bits per heavy atom. The van der Waals surface area contributed by atoms with Crippen molar-refractivity contribution in [2.75, 3.05) is 10.2 Å². The lowest BCUT2D eigenvalue weighted by Gasteiger charge is -2.16. The van der Waals surface area contributed by atoms with Gasteiger partial charge < -0.3 is 5.32 Å². The Balaban J connectivity index is 1.90. The lowest BCUT2D eigenvalue weighted by molar-refractivity contribution is -0.120. The van der Waals surface area contributed by atoms with Crippen LogP contribution >= 0.6 is 0 Å². The molecule has 6 heteroatoms. The number of anilines is 2. The second-order valence-electron chi connectivity index (χ2n) is 8.05. The molecule has 0 saturated carbocycles. The van der Waals surface area contributed by atoms with E-state index in [4.69, 9.17) is 0 Å². The highest BCUT2D eigenvalue weighted by atomic mass is 19.1. The molecule has 1 N–H and O–H groups in total. The van der Waals surface area contributed by atoms with Crippen LogP contribution in [-0.2, 0) is 9.59 Å². The zero-order chi connectivity index (χ0) is 23.2. The van der Waals surface area contributed by atoms with Gasteiger partial charge in [0.15, 0.2) is 0 Å². The molecule has 0 unspecified atom stereocenters. The van der Waals surface area contributed by atoms with Crippen molar-refractivity contribution in [2.24, 2.45) is 0 Å². The predicted octanol–water partition coefficient (Wildman–Crippen LogP) is 5.60. The summed E-state index contributed by atoms with van der Waals surface area (Å²) in [5, 5.41) is 3.09. The number of nitrogens with one attached hydrogen (secondary N) is 1. The van der Waals surface area contributed by atoms with Gasteiger partial charge in [-0.1, -0.05) is 41.5 Å². The first-order chi connectivity index (χ1) is 15.2. The Labute approximate surface area is 185 Å². The summed E-state index contributed by atoms with van der Waals surface area (Å²) in [4.78, 5) is 27.6. The summed E-state index contributed by atoms with van der Waals surface area (Å²) in [6, 6.07) is 13.9. The van der Waals surface area contributed by atoms with Crippen molar-refractivity contribution in [2.45, 2.75) is 27.7 Å². The van der Waals surface area contributed by atoms with E-state index in [2.05, 4.69) is 5.32 Å². The van der Waals surface area contributed by atoms with Crippen LogP contribution < -0.4 is 10.2 Å². The van der Waals surface area contributed by atoms with Crippen LogP contribution in [0.1, 0.15) is 27.8 Å².